The lowest BCUT2D eigenvalue weighted by Crippen LogP contribution is -2.30. The number of aliphatic imine (C=N–C) groups is 1. The third kappa shape index (κ3) is 2.49. The lowest BCUT2D eigenvalue weighted by Gasteiger charge is -2.29. The Hall–Kier alpha value is -2.33. The molecule has 5 heteroatoms. The van der Waals surface area contributed by atoms with Crippen molar-refractivity contribution in [3.8, 4) is 0 Å². The fourth-order valence-electron chi connectivity index (χ4n) is 2.95. The van der Waals surface area contributed by atoms with E-state index in [1.165, 1.54) is 0 Å². The molecule has 0 saturated carbocycles. The number of hydrogen-bond donors (Lipinski definition) is 0. The lowest BCUT2D eigenvalue weighted by atomic mass is 9.86. The van der Waals surface area contributed by atoms with Gasteiger partial charge in [-0.15, -0.1) is 10.2 Å². The molecule has 0 spiro atoms. The fourth-order valence-corrected chi connectivity index (χ4v) is 3.19. The molecule has 0 N–H and O–H groups in total. The van der Waals surface area contributed by atoms with E-state index in [1.54, 1.807) is 0 Å². The number of hydrogen-bond acceptors (Lipinski definition) is 4. The molecule has 4 rings (SSSR count). The van der Waals surface area contributed by atoms with Crippen LogP contribution in [0.15, 0.2) is 47.5 Å². The maximum atomic E-state index is 6.41. The van der Waals surface area contributed by atoms with E-state index in [0.29, 0.717) is 5.82 Å². The first-order valence-electron chi connectivity index (χ1n) is 7.51. The zero-order valence-corrected chi connectivity index (χ0v) is 13.7. The van der Waals surface area contributed by atoms with E-state index in [1.807, 2.05) is 42.5 Å². The lowest BCUT2D eigenvalue weighted by molar-refractivity contribution is 0.513. The van der Waals surface area contributed by atoms with Crippen molar-refractivity contribution in [2.75, 3.05) is 0 Å². The second-order valence-electron chi connectivity index (χ2n) is 6.34. The topological polar surface area (TPSA) is 51.0 Å². The maximum Gasteiger partial charge on any atom is 0.201 e. The minimum atomic E-state index is -0.248. The summed E-state index contributed by atoms with van der Waals surface area (Å²) in [4.78, 5) is 9.51. The Balaban J connectivity index is 1.95. The van der Waals surface area contributed by atoms with Crippen LogP contribution in [0, 0.1) is 0 Å². The highest BCUT2D eigenvalue weighted by atomic mass is 35.5. The average Bonchev–Trinajstić information content (AvgIpc) is 2.54. The normalized spacial score (nSPS) is 16.0. The van der Waals surface area contributed by atoms with E-state index in [0.717, 1.165) is 39.3 Å². The molecule has 0 bridgehead atoms. The van der Waals surface area contributed by atoms with Crippen molar-refractivity contribution in [3.05, 3.63) is 64.4 Å². The van der Waals surface area contributed by atoms with Gasteiger partial charge in [0, 0.05) is 10.6 Å². The first kappa shape index (κ1) is 14.3. The smallest absolute Gasteiger partial charge is 0.201 e. The van der Waals surface area contributed by atoms with Gasteiger partial charge in [0.1, 0.15) is 11.2 Å². The largest absolute Gasteiger partial charge is 0.274 e. The zero-order valence-electron chi connectivity index (χ0n) is 12.9. The van der Waals surface area contributed by atoms with Gasteiger partial charge >= 0.3 is 0 Å². The monoisotopic (exact) mass is 322 g/mol. The van der Waals surface area contributed by atoms with E-state index in [-0.39, 0.29) is 5.54 Å². The Kier molecular flexibility index (Phi) is 3.16. The first-order valence-corrected chi connectivity index (χ1v) is 7.89. The van der Waals surface area contributed by atoms with Gasteiger partial charge in [-0.1, -0.05) is 35.9 Å². The molecule has 0 saturated heterocycles. The Labute approximate surface area is 139 Å². The summed E-state index contributed by atoms with van der Waals surface area (Å²) in [7, 11) is 0. The standard InChI is InChI=1S/C18H15ClN4/c1-18(2)10-12-11(6-5-7-13(12)19)16(21-18)17-20-14-8-3-4-9-15(14)22-23-17/h3-9H,10H2,1-2H3. The van der Waals surface area contributed by atoms with Gasteiger partial charge in [-0.25, -0.2) is 4.98 Å². The van der Waals surface area contributed by atoms with Crippen LogP contribution in [0.4, 0.5) is 0 Å². The fraction of sp³-hybridized carbons (Fsp3) is 0.222. The Bertz CT molecular complexity index is 947. The number of halogens is 1. The van der Waals surface area contributed by atoms with Gasteiger partial charge < -0.3 is 0 Å². The van der Waals surface area contributed by atoms with Crippen molar-refractivity contribution in [2.45, 2.75) is 25.8 Å². The summed E-state index contributed by atoms with van der Waals surface area (Å²) in [5.41, 5.74) is 4.19. The third-order valence-electron chi connectivity index (χ3n) is 3.97. The molecule has 0 aliphatic carbocycles. The van der Waals surface area contributed by atoms with E-state index < -0.39 is 0 Å². The SMILES string of the molecule is CC1(C)Cc2c(Cl)cccc2C(c2nnc3ccccc3n2)=N1. The molecule has 114 valence electrons. The molecule has 3 aromatic rings. The van der Waals surface area contributed by atoms with Crippen LogP contribution in [0.1, 0.15) is 30.8 Å². The molecule has 2 heterocycles. The summed E-state index contributed by atoms with van der Waals surface area (Å²) in [5.74, 6) is 0.542. The predicted molar refractivity (Wildman–Crippen MR) is 92.2 cm³/mol. The summed E-state index contributed by atoms with van der Waals surface area (Å²) in [6.45, 7) is 4.18. The minimum Gasteiger partial charge on any atom is -0.274 e. The summed E-state index contributed by atoms with van der Waals surface area (Å²) in [6, 6.07) is 13.6. The molecule has 0 unspecified atom stereocenters. The van der Waals surface area contributed by atoms with E-state index >= 15 is 0 Å². The molecule has 0 atom stereocenters. The molecule has 4 nitrogen and oxygen atoms in total. The van der Waals surface area contributed by atoms with Crippen LogP contribution in [0.25, 0.3) is 11.0 Å². The van der Waals surface area contributed by atoms with Gasteiger partial charge in [0.25, 0.3) is 0 Å². The van der Waals surface area contributed by atoms with Crippen LogP contribution < -0.4 is 0 Å². The molecule has 2 aromatic carbocycles. The summed E-state index contributed by atoms with van der Waals surface area (Å²) in [6.07, 6.45) is 0.798. The molecule has 23 heavy (non-hydrogen) atoms. The Morgan fingerprint density at radius 1 is 0.957 bits per heavy atom. The number of aromatic nitrogens is 3. The van der Waals surface area contributed by atoms with Crippen molar-refractivity contribution >= 4 is 28.3 Å². The number of rotatable bonds is 1. The molecule has 0 radical (unpaired) electrons. The molecule has 1 aliphatic heterocycles. The van der Waals surface area contributed by atoms with Crippen molar-refractivity contribution in [3.63, 3.8) is 0 Å². The molecule has 1 aliphatic rings. The highest BCUT2D eigenvalue weighted by Crippen LogP contribution is 2.32. The van der Waals surface area contributed by atoms with Crippen LogP contribution in [-0.2, 0) is 6.42 Å². The zero-order chi connectivity index (χ0) is 16.0. The Morgan fingerprint density at radius 2 is 1.74 bits per heavy atom. The molecule has 0 amide bonds. The quantitative estimate of drug-likeness (QED) is 0.683. The van der Waals surface area contributed by atoms with Crippen LogP contribution in [0.5, 0.6) is 0 Å². The third-order valence-corrected chi connectivity index (χ3v) is 4.32. The molecule has 1 aromatic heterocycles. The highest BCUT2D eigenvalue weighted by molar-refractivity contribution is 6.32. The van der Waals surface area contributed by atoms with Gasteiger partial charge in [0.15, 0.2) is 0 Å². The van der Waals surface area contributed by atoms with E-state index in [4.69, 9.17) is 16.6 Å². The second-order valence-corrected chi connectivity index (χ2v) is 6.75. The predicted octanol–water partition coefficient (Wildman–Crippen LogP) is 3.85. The van der Waals surface area contributed by atoms with Gasteiger partial charge in [-0.05, 0) is 44.0 Å². The summed E-state index contributed by atoms with van der Waals surface area (Å²) >= 11 is 6.41. The van der Waals surface area contributed by atoms with Crippen LogP contribution in [0.3, 0.4) is 0 Å². The molecule has 0 fully saturated rings. The van der Waals surface area contributed by atoms with Crippen LogP contribution in [0.2, 0.25) is 5.02 Å². The number of benzene rings is 2. The number of fused-ring (bicyclic) bond motifs is 2. The van der Waals surface area contributed by atoms with Gasteiger partial charge in [-0.3, -0.25) is 4.99 Å². The van der Waals surface area contributed by atoms with Crippen LogP contribution in [-0.4, -0.2) is 26.4 Å². The van der Waals surface area contributed by atoms with E-state index in [2.05, 4.69) is 29.0 Å². The minimum absolute atomic E-state index is 0.248. The number of nitrogens with zero attached hydrogens (tertiary/aromatic N) is 4. The van der Waals surface area contributed by atoms with Crippen LogP contribution >= 0.6 is 11.6 Å². The van der Waals surface area contributed by atoms with Gasteiger partial charge in [0.2, 0.25) is 5.82 Å². The van der Waals surface area contributed by atoms with Crippen molar-refractivity contribution in [2.24, 2.45) is 4.99 Å². The maximum absolute atomic E-state index is 6.41. The number of para-hydroxylation sites is 1. The highest BCUT2D eigenvalue weighted by Gasteiger charge is 2.30. The van der Waals surface area contributed by atoms with Gasteiger partial charge in [0.05, 0.1) is 11.1 Å². The van der Waals surface area contributed by atoms with Crippen molar-refractivity contribution in [1.82, 2.24) is 15.2 Å². The van der Waals surface area contributed by atoms with Crippen molar-refractivity contribution in [1.29, 1.82) is 0 Å². The average molecular weight is 323 g/mol. The second kappa shape index (κ2) is 5.10. The molecular weight excluding hydrogens is 308 g/mol. The Morgan fingerprint density at radius 3 is 2.57 bits per heavy atom. The summed E-state index contributed by atoms with van der Waals surface area (Å²) in [5, 5.41) is 9.32. The first-order chi connectivity index (χ1) is 11.0. The molecular formula is C18H15ClN4. The summed E-state index contributed by atoms with van der Waals surface area (Å²) < 4.78 is 0. The van der Waals surface area contributed by atoms with E-state index in [9.17, 15) is 0 Å². The van der Waals surface area contributed by atoms with Gasteiger partial charge in [-0.2, -0.15) is 0 Å². The van der Waals surface area contributed by atoms with Crippen molar-refractivity contribution < 1.29 is 0 Å².